The van der Waals surface area contributed by atoms with Crippen molar-refractivity contribution in [2.45, 2.75) is 20.3 Å². The fraction of sp³-hybridized carbons (Fsp3) is 0.120. The molecular formula is C25H23N. The van der Waals surface area contributed by atoms with Crippen molar-refractivity contribution in [3.05, 3.63) is 102 Å². The summed E-state index contributed by atoms with van der Waals surface area (Å²) in [5.41, 5.74) is 7.62. The van der Waals surface area contributed by atoms with Crippen molar-refractivity contribution >= 4 is 21.8 Å². The van der Waals surface area contributed by atoms with E-state index >= 15 is 0 Å². The number of allylic oxidation sites excluding steroid dienone is 3. The Labute approximate surface area is 154 Å². The number of nitrogens with zero attached hydrogens (tertiary/aromatic N) is 1. The van der Waals surface area contributed by atoms with Gasteiger partial charge in [-0.2, -0.15) is 0 Å². The Kier molecular flexibility index (Phi) is 4.22. The van der Waals surface area contributed by atoms with Gasteiger partial charge >= 0.3 is 0 Å². The number of hydrogen-bond donors (Lipinski definition) is 0. The monoisotopic (exact) mass is 337 g/mol. The van der Waals surface area contributed by atoms with E-state index in [1.807, 2.05) is 12.2 Å². The van der Waals surface area contributed by atoms with Gasteiger partial charge in [-0.05, 0) is 62.2 Å². The van der Waals surface area contributed by atoms with E-state index in [4.69, 9.17) is 0 Å². The number of benzene rings is 3. The summed E-state index contributed by atoms with van der Waals surface area (Å²) in [6.45, 7) is 8.06. The first kappa shape index (κ1) is 16.4. The average Bonchev–Trinajstić information content (AvgIpc) is 2.95. The van der Waals surface area contributed by atoms with Gasteiger partial charge in [-0.25, -0.2) is 0 Å². The predicted octanol–water partition coefficient (Wildman–Crippen LogP) is 6.69. The largest absolute Gasteiger partial charge is 0.309 e. The summed E-state index contributed by atoms with van der Waals surface area (Å²) in [4.78, 5) is 0. The summed E-state index contributed by atoms with van der Waals surface area (Å²) < 4.78 is 2.38. The highest BCUT2D eigenvalue weighted by molar-refractivity contribution is 6.09. The molecule has 26 heavy (non-hydrogen) atoms. The zero-order chi connectivity index (χ0) is 18.1. The molecule has 1 nitrogen and oxygen atoms in total. The smallest absolute Gasteiger partial charge is 0.0541 e. The van der Waals surface area contributed by atoms with Crippen LogP contribution in [0.15, 0.2) is 85.5 Å². The summed E-state index contributed by atoms with van der Waals surface area (Å²) >= 11 is 0. The Morgan fingerprint density at radius 3 is 2.12 bits per heavy atom. The van der Waals surface area contributed by atoms with Crippen molar-refractivity contribution < 1.29 is 0 Å². The van der Waals surface area contributed by atoms with Gasteiger partial charge in [0.25, 0.3) is 0 Å². The van der Waals surface area contributed by atoms with Crippen LogP contribution in [0.5, 0.6) is 0 Å². The molecule has 128 valence electrons. The molecule has 3 aromatic carbocycles. The number of hydrogen-bond acceptors (Lipinski definition) is 0. The third-order valence-electron chi connectivity index (χ3n) is 4.87. The highest BCUT2D eigenvalue weighted by atomic mass is 15.0. The van der Waals surface area contributed by atoms with Gasteiger partial charge in [-0.15, -0.1) is 0 Å². The van der Waals surface area contributed by atoms with E-state index in [0.29, 0.717) is 0 Å². The molecule has 0 amide bonds. The van der Waals surface area contributed by atoms with Gasteiger partial charge in [-0.1, -0.05) is 60.2 Å². The second kappa shape index (κ2) is 6.68. The van der Waals surface area contributed by atoms with Crippen LogP contribution in [0.1, 0.15) is 16.7 Å². The predicted molar refractivity (Wildman–Crippen MR) is 113 cm³/mol. The van der Waals surface area contributed by atoms with Crippen LogP contribution in [-0.2, 0) is 6.42 Å². The Hall–Kier alpha value is -3.06. The zero-order valence-corrected chi connectivity index (χ0v) is 15.4. The van der Waals surface area contributed by atoms with Crippen molar-refractivity contribution in [3.8, 4) is 5.69 Å². The third kappa shape index (κ3) is 2.86. The molecule has 0 N–H and O–H groups in total. The average molecular weight is 337 g/mol. The Balaban J connectivity index is 1.97. The maximum absolute atomic E-state index is 3.74. The fourth-order valence-electron chi connectivity index (χ4n) is 3.65. The molecule has 1 heteroatoms. The van der Waals surface area contributed by atoms with Crippen LogP contribution in [0.25, 0.3) is 27.5 Å². The van der Waals surface area contributed by atoms with Crippen molar-refractivity contribution in [2.24, 2.45) is 0 Å². The van der Waals surface area contributed by atoms with Crippen LogP contribution in [0.3, 0.4) is 0 Å². The summed E-state index contributed by atoms with van der Waals surface area (Å²) in [7, 11) is 0. The van der Waals surface area contributed by atoms with Crippen LogP contribution in [0, 0.1) is 13.8 Å². The van der Waals surface area contributed by atoms with Gasteiger partial charge < -0.3 is 4.57 Å². The molecular weight excluding hydrogens is 314 g/mol. The lowest BCUT2D eigenvalue weighted by Gasteiger charge is -2.09. The highest BCUT2D eigenvalue weighted by Crippen LogP contribution is 2.33. The minimum atomic E-state index is 0.912. The second-order valence-corrected chi connectivity index (χ2v) is 6.91. The van der Waals surface area contributed by atoms with E-state index in [2.05, 4.69) is 91.7 Å². The van der Waals surface area contributed by atoms with Crippen LogP contribution in [-0.4, -0.2) is 4.57 Å². The maximum atomic E-state index is 3.74. The maximum Gasteiger partial charge on any atom is 0.0541 e. The van der Waals surface area contributed by atoms with E-state index < -0.39 is 0 Å². The molecule has 0 saturated heterocycles. The Morgan fingerprint density at radius 2 is 1.50 bits per heavy atom. The van der Waals surface area contributed by atoms with Crippen molar-refractivity contribution in [1.29, 1.82) is 0 Å². The molecule has 0 aliphatic heterocycles. The van der Waals surface area contributed by atoms with Crippen molar-refractivity contribution in [3.63, 3.8) is 0 Å². The quantitative estimate of drug-likeness (QED) is 0.366. The van der Waals surface area contributed by atoms with Gasteiger partial charge in [0.15, 0.2) is 0 Å². The molecule has 0 bridgehead atoms. The summed E-state index contributed by atoms with van der Waals surface area (Å²) in [5.74, 6) is 0. The van der Waals surface area contributed by atoms with E-state index in [-0.39, 0.29) is 0 Å². The van der Waals surface area contributed by atoms with Crippen molar-refractivity contribution in [2.75, 3.05) is 0 Å². The van der Waals surface area contributed by atoms with Crippen LogP contribution in [0.2, 0.25) is 0 Å². The summed E-state index contributed by atoms with van der Waals surface area (Å²) in [5, 5.41) is 2.64. The standard InChI is InChI=1S/C25H23N/c1-4-5-6-8-20-9-7-10-21(17-20)26-24-13-11-18(2)15-22(24)23-16-19(3)12-14-25(23)26/h4-7,9-17H,1,8H2,2-3H3/b6-5+. The Bertz CT molecular complexity index is 1080. The minimum Gasteiger partial charge on any atom is -0.309 e. The zero-order valence-electron chi connectivity index (χ0n) is 15.4. The van der Waals surface area contributed by atoms with E-state index in [1.54, 1.807) is 0 Å². The molecule has 1 aromatic heterocycles. The molecule has 0 fully saturated rings. The number of fused-ring (bicyclic) bond motifs is 3. The van der Waals surface area contributed by atoms with E-state index in [1.165, 1.54) is 44.2 Å². The molecule has 4 rings (SSSR count). The summed E-state index contributed by atoms with van der Waals surface area (Å²) in [6.07, 6.45) is 6.88. The van der Waals surface area contributed by atoms with E-state index in [0.717, 1.165) is 6.42 Å². The lowest BCUT2D eigenvalue weighted by atomic mass is 10.1. The lowest BCUT2D eigenvalue weighted by molar-refractivity contribution is 1.15. The minimum absolute atomic E-state index is 0.912. The molecule has 0 spiro atoms. The Morgan fingerprint density at radius 1 is 0.846 bits per heavy atom. The van der Waals surface area contributed by atoms with Crippen LogP contribution in [0.4, 0.5) is 0 Å². The van der Waals surface area contributed by atoms with Crippen LogP contribution < -0.4 is 0 Å². The normalized spacial score (nSPS) is 11.6. The van der Waals surface area contributed by atoms with Gasteiger partial charge in [0.1, 0.15) is 0 Å². The molecule has 0 aliphatic rings. The first-order valence-corrected chi connectivity index (χ1v) is 9.05. The van der Waals surface area contributed by atoms with Gasteiger partial charge in [0, 0.05) is 16.5 Å². The van der Waals surface area contributed by atoms with E-state index in [9.17, 15) is 0 Å². The summed E-state index contributed by atoms with van der Waals surface area (Å²) in [6, 6.07) is 22.3. The highest BCUT2D eigenvalue weighted by Gasteiger charge is 2.12. The molecule has 0 radical (unpaired) electrons. The SMILES string of the molecule is C=C/C=C/Cc1cccc(-n2c3ccc(C)cc3c3cc(C)ccc32)c1. The van der Waals surface area contributed by atoms with Gasteiger partial charge in [-0.3, -0.25) is 0 Å². The van der Waals surface area contributed by atoms with Gasteiger partial charge in [0.2, 0.25) is 0 Å². The molecule has 0 aliphatic carbocycles. The fourth-order valence-corrected chi connectivity index (χ4v) is 3.65. The topological polar surface area (TPSA) is 4.93 Å². The van der Waals surface area contributed by atoms with Crippen molar-refractivity contribution in [1.82, 2.24) is 4.57 Å². The second-order valence-electron chi connectivity index (χ2n) is 6.91. The molecule has 4 aromatic rings. The number of aromatic nitrogens is 1. The number of rotatable bonds is 4. The first-order chi connectivity index (χ1) is 12.7. The third-order valence-corrected chi connectivity index (χ3v) is 4.87. The number of aryl methyl sites for hydroxylation is 2. The van der Waals surface area contributed by atoms with Crippen LogP contribution >= 0.6 is 0 Å². The lowest BCUT2D eigenvalue weighted by Crippen LogP contribution is -1.95. The molecule has 0 saturated carbocycles. The molecule has 1 heterocycles. The van der Waals surface area contributed by atoms with Gasteiger partial charge in [0.05, 0.1) is 11.0 Å². The molecule has 0 unspecified atom stereocenters. The molecule has 0 atom stereocenters. The first-order valence-electron chi connectivity index (χ1n) is 9.05.